The molecule has 0 heterocycles. The molecule has 0 aliphatic heterocycles. The second-order valence-electron chi connectivity index (χ2n) is 5.24. The van der Waals surface area contributed by atoms with Crippen molar-refractivity contribution in [2.24, 2.45) is 5.92 Å². The molecule has 1 fully saturated rings. The molecule has 0 saturated heterocycles. The van der Waals surface area contributed by atoms with Gasteiger partial charge in [0.05, 0.1) is 7.11 Å². The molecule has 1 saturated carbocycles. The largest absolute Gasteiger partial charge is 0.497 e. The number of hydrogen-bond acceptors (Lipinski definition) is 3. The first kappa shape index (κ1) is 15.6. The van der Waals surface area contributed by atoms with Gasteiger partial charge in [-0.25, -0.2) is 9.59 Å². The fourth-order valence-electron chi connectivity index (χ4n) is 2.14. The number of carboxylic acid groups (broad SMARTS) is 1. The van der Waals surface area contributed by atoms with Crippen LogP contribution in [0.5, 0.6) is 5.75 Å². The zero-order chi connectivity index (χ0) is 15.6. The maximum atomic E-state index is 12.0. The van der Waals surface area contributed by atoms with E-state index >= 15 is 0 Å². The number of nitrogens with one attached hydrogen (secondary N) is 2. The van der Waals surface area contributed by atoms with E-state index in [1.807, 2.05) is 0 Å². The Balaban J connectivity index is 2.07. The number of rotatable bonds is 5. The van der Waals surface area contributed by atoms with Crippen molar-refractivity contribution in [1.29, 1.82) is 0 Å². The Morgan fingerprint density at radius 1 is 1.38 bits per heavy atom. The summed E-state index contributed by atoms with van der Waals surface area (Å²) in [6, 6.07) is 4.57. The molecule has 0 spiro atoms. The van der Waals surface area contributed by atoms with Gasteiger partial charge in [-0.2, -0.15) is 0 Å². The Morgan fingerprint density at radius 2 is 2.05 bits per heavy atom. The van der Waals surface area contributed by atoms with E-state index in [1.54, 1.807) is 18.2 Å². The number of hydrogen-bond donors (Lipinski definition) is 3. The van der Waals surface area contributed by atoms with Gasteiger partial charge in [0, 0.05) is 16.2 Å². The normalized spacial score (nSPS) is 16.7. The van der Waals surface area contributed by atoms with Gasteiger partial charge in [0.15, 0.2) is 0 Å². The quantitative estimate of drug-likeness (QED) is 0.756. The second-order valence-corrected chi connectivity index (χ2v) is 6.16. The van der Waals surface area contributed by atoms with E-state index in [0.29, 0.717) is 11.4 Å². The van der Waals surface area contributed by atoms with Gasteiger partial charge in [-0.1, -0.05) is 15.9 Å². The minimum Gasteiger partial charge on any atom is -0.497 e. The van der Waals surface area contributed by atoms with Crippen LogP contribution in [0.2, 0.25) is 0 Å². The van der Waals surface area contributed by atoms with Crippen LogP contribution in [0.3, 0.4) is 0 Å². The van der Waals surface area contributed by atoms with Crippen molar-refractivity contribution in [3.8, 4) is 5.75 Å². The molecule has 1 aliphatic rings. The zero-order valence-electron chi connectivity index (χ0n) is 11.8. The molecular formula is C14H17BrN2O4. The SMILES string of the molecule is COc1cc(Br)cc(NC(=O)NC(C)(C(=O)O)C2CC2)c1. The number of urea groups is 1. The maximum absolute atomic E-state index is 12.0. The van der Waals surface area contributed by atoms with E-state index in [2.05, 4.69) is 26.6 Å². The maximum Gasteiger partial charge on any atom is 0.329 e. The average molecular weight is 357 g/mol. The van der Waals surface area contributed by atoms with E-state index in [0.717, 1.165) is 17.3 Å². The van der Waals surface area contributed by atoms with Crippen molar-refractivity contribution < 1.29 is 19.4 Å². The second kappa shape index (κ2) is 5.93. The molecular weight excluding hydrogens is 340 g/mol. The minimum absolute atomic E-state index is 0.0159. The summed E-state index contributed by atoms with van der Waals surface area (Å²) in [5.74, 6) is -0.451. The van der Waals surface area contributed by atoms with Crippen LogP contribution < -0.4 is 15.4 Å². The van der Waals surface area contributed by atoms with Gasteiger partial charge in [0.1, 0.15) is 11.3 Å². The highest BCUT2D eigenvalue weighted by molar-refractivity contribution is 9.10. The molecule has 21 heavy (non-hydrogen) atoms. The molecule has 0 radical (unpaired) electrons. The smallest absolute Gasteiger partial charge is 0.329 e. The highest BCUT2D eigenvalue weighted by atomic mass is 79.9. The number of benzene rings is 1. The van der Waals surface area contributed by atoms with E-state index in [-0.39, 0.29) is 5.92 Å². The molecule has 1 aromatic carbocycles. The molecule has 114 valence electrons. The van der Waals surface area contributed by atoms with Crippen LogP contribution in [0.25, 0.3) is 0 Å². The fraction of sp³-hybridized carbons (Fsp3) is 0.429. The molecule has 1 unspecified atom stereocenters. The van der Waals surface area contributed by atoms with Gasteiger partial charge in [0.2, 0.25) is 0 Å². The third-order valence-electron chi connectivity index (χ3n) is 3.58. The van der Waals surface area contributed by atoms with Crippen molar-refractivity contribution in [3.63, 3.8) is 0 Å². The molecule has 2 amide bonds. The Hall–Kier alpha value is -1.76. The monoisotopic (exact) mass is 356 g/mol. The van der Waals surface area contributed by atoms with E-state index in [1.165, 1.54) is 14.0 Å². The minimum atomic E-state index is -1.24. The van der Waals surface area contributed by atoms with Crippen molar-refractivity contribution in [2.45, 2.75) is 25.3 Å². The van der Waals surface area contributed by atoms with Crippen molar-refractivity contribution >= 4 is 33.6 Å². The van der Waals surface area contributed by atoms with Gasteiger partial charge in [-0.05, 0) is 37.8 Å². The average Bonchev–Trinajstić information content (AvgIpc) is 3.21. The summed E-state index contributed by atoms with van der Waals surface area (Å²) in [5.41, 5.74) is -0.720. The molecule has 1 aliphatic carbocycles. The van der Waals surface area contributed by atoms with Crippen molar-refractivity contribution in [1.82, 2.24) is 5.32 Å². The number of carbonyl (C=O) groups is 2. The third kappa shape index (κ3) is 3.66. The highest BCUT2D eigenvalue weighted by Crippen LogP contribution is 2.39. The molecule has 1 aromatic rings. The van der Waals surface area contributed by atoms with Crippen LogP contribution in [0.4, 0.5) is 10.5 Å². The van der Waals surface area contributed by atoms with Gasteiger partial charge >= 0.3 is 12.0 Å². The van der Waals surface area contributed by atoms with Crippen LogP contribution >= 0.6 is 15.9 Å². The number of aliphatic carboxylic acids is 1. The summed E-state index contributed by atoms with van der Waals surface area (Å²) >= 11 is 3.32. The van der Waals surface area contributed by atoms with Crippen LogP contribution in [0.1, 0.15) is 19.8 Å². The van der Waals surface area contributed by atoms with Gasteiger partial charge in [-0.3, -0.25) is 0 Å². The van der Waals surface area contributed by atoms with Crippen LogP contribution in [0, 0.1) is 5.92 Å². The Kier molecular flexibility index (Phi) is 4.41. The molecule has 3 N–H and O–H groups in total. The lowest BCUT2D eigenvalue weighted by Gasteiger charge is -2.26. The van der Waals surface area contributed by atoms with E-state index < -0.39 is 17.5 Å². The van der Waals surface area contributed by atoms with Gasteiger partial charge in [-0.15, -0.1) is 0 Å². The summed E-state index contributed by atoms with van der Waals surface area (Å²) in [6.45, 7) is 1.54. The summed E-state index contributed by atoms with van der Waals surface area (Å²) in [5, 5.41) is 14.5. The number of amides is 2. The lowest BCUT2D eigenvalue weighted by molar-refractivity contribution is -0.144. The van der Waals surface area contributed by atoms with Crippen LogP contribution in [-0.2, 0) is 4.79 Å². The first-order chi connectivity index (χ1) is 9.85. The lowest BCUT2D eigenvalue weighted by atomic mass is 9.96. The standard InChI is InChI=1S/C14H17BrN2O4/c1-14(12(18)19,8-3-4-8)17-13(20)16-10-5-9(15)6-11(7-10)21-2/h5-8H,3-4H2,1-2H3,(H,18,19)(H2,16,17,20). The van der Waals surface area contributed by atoms with Crippen molar-refractivity contribution in [2.75, 3.05) is 12.4 Å². The third-order valence-corrected chi connectivity index (χ3v) is 4.03. The Labute approximate surface area is 131 Å². The summed E-state index contributed by atoms with van der Waals surface area (Å²) in [4.78, 5) is 23.4. The highest BCUT2D eigenvalue weighted by Gasteiger charge is 2.48. The summed E-state index contributed by atoms with van der Waals surface area (Å²) in [7, 11) is 1.53. The topological polar surface area (TPSA) is 87.7 Å². The van der Waals surface area contributed by atoms with Crippen LogP contribution in [0.15, 0.2) is 22.7 Å². The number of methoxy groups -OCH3 is 1. The predicted octanol–water partition coefficient (Wildman–Crippen LogP) is 2.83. The predicted molar refractivity (Wildman–Crippen MR) is 81.6 cm³/mol. The molecule has 0 aromatic heterocycles. The molecule has 1 atom stereocenters. The number of anilines is 1. The lowest BCUT2D eigenvalue weighted by Crippen LogP contribution is -2.55. The molecule has 2 rings (SSSR count). The number of carbonyl (C=O) groups excluding carboxylic acids is 1. The molecule has 7 heteroatoms. The Morgan fingerprint density at radius 3 is 2.57 bits per heavy atom. The van der Waals surface area contributed by atoms with E-state index in [9.17, 15) is 14.7 Å². The first-order valence-electron chi connectivity index (χ1n) is 6.52. The summed E-state index contributed by atoms with van der Waals surface area (Å²) < 4.78 is 5.86. The zero-order valence-corrected chi connectivity index (χ0v) is 13.4. The van der Waals surface area contributed by atoms with Crippen molar-refractivity contribution in [3.05, 3.63) is 22.7 Å². The molecule has 6 nitrogen and oxygen atoms in total. The number of ether oxygens (including phenoxy) is 1. The van der Waals surface area contributed by atoms with E-state index in [4.69, 9.17) is 4.74 Å². The van der Waals surface area contributed by atoms with Crippen LogP contribution in [-0.4, -0.2) is 29.8 Å². The molecule has 0 bridgehead atoms. The number of carboxylic acids is 1. The first-order valence-corrected chi connectivity index (χ1v) is 7.31. The summed E-state index contributed by atoms with van der Waals surface area (Å²) in [6.07, 6.45) is 1.63. The Bertz CT molecular complexity index is 574. The number of halogens is 1. The van der Waals surface area contributed by atoms with Gasteiger partial charge in [0.25, 0.3) is 0 Å². The fourth-order valence-corrected chi connectivity index (χ4v) is 2.61. The van der Waals surface area contributed by atoms with Gasteiger partial charge < -0.3 is 20.5 Å².